The number of pyridine rings is 2. The Hall–Kier alpha value is -3.33. The normalized spacial score (nSPS) is 13.1. The van der Waals surface area contributed by atoms with Gasteiger partial charge in [0.15, 0.2) is 11.5 Å². The Labute approximate surface area is 143 Å². The molecule has 0 radical (unpaired) electrons. The average Bonchev–Trinajstić information content (AvgIpc) is 3.02. The molecule has 6 heteroatoms. The van der Waals surface area contributed by atoms with Crippen LogP contribution in [0.5, 0.6) is 0 Å². The van der Waals surface area contributed by atoms with E-state index in [1.807, 2.05) is 0 Å². The first kappa shape index (κ1) is 15.2. The molecule has 5 nitrogen and oxygen atoms in total. The number of carbonyl (C=O) groups excluding carboxylic acids is 1. The summed E-state index contributed by atoms with van der Waals surface area (Å²) in [5.41, 5.74) is 2.41. The third-order valence-electron chi connectivity index (χ3n) is 3.90. The predicted molar refractivity (Wildman–Crippen MR) is 87.2 cm³/mol. The molecule has 0 fully saturated rings. The Bertz CT molecular complexity index is 1020. The van der Waals surface area contributed by atoms with E-state index in [-0.39, 0.29) is 17.4 Å². The number of fused-ring (bicyclic) bond motifs is 1. The van der Waals surface area contributed by atoms with Crippen LogP contribution in [0.4, 0.5) is 4.39 Å². The molecule has 0 amide bonds. The molecule has 0 saturated carbocycles. The van der Waals surface area contributed by atoms with E-state index in [1.165, 1.54) is 6.20 Å². The van der Waals surface area contributed by atoms with E-state index in [0.717, 1.165) is 18.5 Å². The molecule has 0 aromatic carbocycles. The molecular formula is C19H12FN3O2. The maximum absolute atomic E-state index is 13.9. The molecule has 0 aliphatic heterocycles. The van der Waals surface area contributed by atoms with Gasteiger partial charge in [0.05, 0.1) is 5.69 Å². The largest absolute Gasteiger partial charge is 0.427 e. The molecule has 4 rings (SSSR count). The number of rotatable bonds is 1. The standard InChI is InChI=1S/C19H12FN3O2/c20-19-18(12-3-2-10-21-11-12)25-17(23-19)9-7-13-6-8-14-15(22-13)4-1-5-16(14)24/h2-3,6,8,10-11H,1,4-5H2. The zero-order valence-electron chi connectivity index (χ0n) is 13.1. The fourth-order valence-corrected chi connectivity index (χ4v) is 2.71. The maximum atomic E-state index is 13.9. The first-order valence-electron chi connectivity index (χ1n) is 7.82. The third kappa shape index (κ3) is 3.04. The van der Waals surface area contributed by atoms with Crippen molar-refractivity contribution in [1.29, 1.82) is 0 Å². The Morgan fingerprint density at radius 1 is 1.12 bits per heavy atom. The van der Waals surface area contributed by atoms with E-state index in [9.17, 15) is 9.18 Å². The second-order valence-electron chi connectivity index (χ2n) is 5.60. The summed E-state index contributed by atoms with van der Waals surface area (Å²) in [6, 6.07) is 6.78. The molecule has 0 atom stereocenters. The van der Waals surface area contributed by atoms with Gasteiger partial charge in [-0.15, -0.1) is 0 Å². The third-order valence-corrected chi connectivity index (χ3v) is 3.90. The number of nitrogens with zero attached hydrogens (tertiary/aromatic N) is 3. The van der Waals surface area contributed by atoms with Crippen molar-refractivity contribution < 1.29 is 13.6 Å². The lowest BCUT2D eigenvalue weighted by molar-refractivity contribution is 0.0971. The second kappa shape index (κ2) is 6.29. The molecule has 3 aromatic heterocycles. The predicted octanol–water partition coefficient (Wildman–Crippen LogP) is 3.19. The van der Waals surface area contributed by atoms with Crippen molar-refractivity contribution >= 4 is 5.78 Å². The van der Waals surface area contributed by atoms with Crippen LogP contribution in [0.15, 0.2) is 41.1 Å². The SMILES string of the molecule is O=C1CCCc2nc(C#Cc3nc(F)c(-c4cccnc4)o3)ccc21. The van der Waals surface area contributed by atoms with E-state index < -0.39 is 5.95 Å². The van der Waals surface area contributed by atoms with Crippen molar-refractivity contribution in [2.45, 2.75) is 19.3 Å². The van der Waals surface area contributed by atoms with Crippen LogP contribution in [0.25, 0.3) is 11.3 Å². The second-order valence-corrected chi connectivity index (χ2v) is 5.60. The summed E-state index contributed by atoms with van der Waals surface area (Å²) in [4.78, 5) is 23.8. The first-order valence-corrected chi connectivity index (χ1v) is 7.82. The summed E-state index contributed by atoms with van der Waals surface area (Å²) < 4.78 is 19.3. The van der Waals surface area contributed by atoms with Gasteiger partial charge in [0, 0.05) is 29.9 Å². The first-order chi connectivity index (χ1) is 12.2. The number of aromatic nitrogens is 3. The van der Waals surface area contributed by atoms with Crippen LogP contribution in [-0.2, 0) is 6.42 Å². The van der Waals surface area contributed by atoms with Crippen molar-refractivity contribution in [2.75, 3.05) is 0 Å². The van der Waals surface area contributed by atoms with Crippen molar-refractivity contribution in [3.63, 3.8) is 0 Å². The number of oxazole rings is 1. The minimum absolute atomic E-state index is 0.00129. The number of ketones is 1. The van der Waals surface area contributed by atoms with Crippen molar-refractivity contribution in [1.82, 2.24) is 15.0 Å². The lowest BCUT2D eigenvalue weighted by Gasteiger charge is -2.12. The summed E-state index contributed by atoms with van der Waals surface area (Å²) >= 11 is 0. The van der Waals surface area contributed by atoms with Crippen LogP contribution < -0.4 is 0 Å². The van der Waals surface area contributed by atoms with Crippen molar-refractivity contribution in [2.24, 2.45) is 0 Å². The molecule has 0 N–H and O–H groups in total. The van der Waals surface area contributed by atoms with Crippen LogP contribution in [-0.4, -0.2) is 20.7 Å². The molecule has 25 heavy (non-hydrogen) atoms. The van der Waals surface area contributed by atoms with Gasteiger partial charge in [-0.05, 0) is 48.9 Å². The van der Waals surface area contributed by atoms with Gasteiger partial charge in [-0.25, -0.2) is 4.98 Å². The van der Waals surface area contributed by atoms with Crippen LogP contribution in [0, 0.1) is 17.8 Å². The number of aryl methyl sites for hydroxylation is 1. The van der Waals surface area contributed by atoms with Gasteiger partial charge in [-0.1, -0.05) is 0 Å². The van der Waals surface area contributed by atoms with E-state index in [0.29, 0.717) is 23.2 Å². The van der Waals surface area contributed by atoms with E-state index in [4.69, 9.17) is 4.42 Å². The van der Waals surface area contributed by atoms with Gasteiger partial charge in [0.25, 0.3) is 11.8 Å². The van der Waals surface area contributed by atoms with E-state index in [2.05, 4.69) is 26.8 Å². The molecule has 1 aliphatic rings. The minimum atomic E-state index is -0.735. The molecule has 0 saturated heterocycles. The Kier molecular flexibility index (Phi) is 3.82. The van der Waals surface area contributed by atoms with E-state index in [1.54, 1.807) is 30.5 Å². The topological polar surface area (TPSA) is 68.9 Å². The van der Waals surface area contributed by atoms with Gasteiger partial charge in [-0.3, -0.25) is 9.78 Å². The summed E-state index contributed by atoms with van der Waals surface area (Å²) in [5.74, 6) is 4.83. The summed E-state index contributed by atoms with van der Waals surface area (Å²) in [7, 11) is 0. The van der Waals surface area contributed by atoms with Crippen LogP contribution in [0.3, 0.4) is 0 Å². The number of Topliss-reactive ketones (excluding diaryl/α,β-unsaturated/α-hetero) is 1. The molecule has 0 spiro atoms. The summed E-state index contributed by atoms with van der Waals surface area (Å²) in [6.45, 7) is 0. The maximum Gasteiger partial charge on any atom is 0.276 e. The van der Waals surface area contributed by atoms with Gasteiger partial charge < -0.3 is 4.42 Å². The van der Waals surface area contributed by atoms with Crippen molar-refractivity contribution in [3.05, 3.63) is 65.4 Å². The molecule has 1 aliphatic carbocycles. The number of hydrogen-bond donors (Lipinski definition) is 0. The van der Waals surface area contributed by atoms with Gasteiger partial charge in [0.1, 0.15) is 5.69 Å². The Balaban J connectivity index is 1.63. The zero-order chi connectivity index (χ0) is 17.2. The highest BCUT2D eigenvalue weighted by atomic mass is 19.1. The summed E-state index contributed by atoms with van der Waals surface area (Å²) in [5, 5.41) is 0. The van der Waals surface area contributed by atoms with Crippen LogP contribution in [0.1, 0.15) is 40.5 Å². The fourth-order valence-electron chi connectivity index (χ4n) is 2.71. The zero-order valence-corrected chi connectivity index (χ0v) is 13.1. The molecule has 122 valence electrons. The van der Waals surface area contributed by atoms with Crippen molar-refractivity contribution in [3.8, 4) is 23.2 Å². The highest BCUT2D eigenvalue weighted by molar-refractivity contribution is 5.98. The fraction of sp³-hybridized carbons (Fsp3) is 0.158. The highest BCUT2D eigenvalue weighted by Crippen LogP contribution is 2.23. The van der Waals surface area contributed by atoms with Crippen LogP contribution >= 0.6 is 0 Å². The quantitative estimate of drug-likeness (QED) is 0.640. The lowest BCUT2D eigenvalue weighted by atomic mass is 9.94. The smallest absolute Gasteiger partial charge is 0.276 e. The molecule has 0 bridgehead atoms. The van der Waals surface area contributed by atoms with Gasteiger partial charge >= 0.3 is 0 Å². The molecular weight excluding hydrogens is 321 g/mol. The lowest BCUT2D eigenvalue weighted by Crippen LogP contribution is -2.12. The molecule has 0 unspecified atom stereocenters. The summed E-state index contributed by atoms with van der Waals surface area (Å²) in [6.07, 6.45) is 5.20. The minimum Gasteiger partial charge on any atom is -0.427 e. The monoisotopic (exact) mass is 333 g/mol. The number of carbonyl (C=O) groups is 1. The highest BCUT2D eigenvalue weighted by Gasteiger charge is 2.18. The number of hydrogen-bond acceptors (Lipinski definition) is 5. The Morgan fingerprint density at radius 3 is 2.88 bits per heavy atom. The average molecular weight is 333 g/mol. The number of halogens is 1. The Morgan fingerprint density at radius 2 is 2.04 bits per heavy atom. The van der Waals surface area contributed by atoms with E-state index >= 15 is 0 Å². The van der Waals surface area contributed by atoms with Gasteiger partial charge in [0.2, 0.25) is 0 Å². The van der Waals surface area contributed by atoms with Gasteiger partial charge in [-0.2, -0.15) is 9.37 Å². The molecule has 3 heterocycles. The van der Waals surface area contributed by atoms with Crippen LogP contribution in [0.2, 0.25) is 0 Å². The molecule has 3 aromatic rings.